The van der Waals surface area contributed by atoms with Crippen LogP contribution in [0.15, 0.2) is 18.2 Å². The standard InChI is InChI=1S/C27H33FN6O4/c28-18-12-26(6-1-9-33(26)14-18)16-37-24-30-22-13-27(7-5-17-3-4-19(35)11-21(17)27)38-15-20(22)23(31-24)34-10-2-8-29-32-25(34)36/h3-4,11,18,29,35H,1-2,5-10,12-16H2,(H,32,36)/t18-,26+,27?/m1/s1. The number of nitrogens with one attached hydrogen (secondary N) is 2. The third kappa shape index (κ3) is 3.90. The molecule has 1 aliphatic carbocycles. The lowest BCUT2D eigenvalue weighted by atomic mass is 9.86. The molecule has 0 bridgehead atoms. The van der Waals surface area contributed by atoms with Crippen molar-refractivity contribution in [2.24, 2.45) is 0 Å². The number of anilines is 1. The van der Waals surface area contributed by atoms with Crippen molar-refractivity contribution in [1.82, 2.24) is 25.7 Å². The van der Waals surface area contributed by atoms with Crippen molar-refractivity contribution in [2.45, 2.75) is 68.9 Å². The predicted molar refractivity (Wildman–Crippen MR) is 136 cm³/mol. The Morgan fingerprint density at radius 2 is 2.16 bits per heavy atom. The van der Waals surface area contributed by atoms with Gasteiger partial charge in [-0.15, -0.1) is 0 Å². The van der Waals surface area contributed by atoms with Gasteiger partial charge in [-0.2, -0.15) is 9.97 Å². The molecule has 2 aromatic rings. The van der Waals surface area contributed by atoms with Crippen LogP contribution in [0.4, 0.5) is 15.0 Å². The number of phenols is 1. The van der Waals surface area contributed by atoms with Crippen LogP contribution < -0.4 is 20.5 Å². The number of carbonyl (C=O) groups excluding carboxylic acids is 1. The summed E-state index contributed by atoms with van der Waals surface area (Å²) < 4.78 is 27.1. The van der Waals surface area contributed by atoms with Gasteiger partial charge in [-0.25, -0.2) is 14.6 Å². The van der Waals surface area contributed by atoms with Crippen molar-refractivity contribution in [2.75, 3.05) is 37.7 Å². The molecule has 10 nitrogen and oxygen atoms in total. The van der Waals surface area contributed by atoms with Crippen LogP contribution in [0.25, 0.3) is 0 Å². The molecule has 1 spiro atoms. The molecule has 11 heteroatoms. The molecule has 5 heterocycles. The number of hydrogen-bond donors (Lipinski definition) is 3. The fraction of sp³-hybridized carbons (Fsp3) is 0.593. The zero-order chi connectivity index (χ0) is 25.9. The van der Waals surface area contributed by atoms with Gasteiger partial charge in [-0.3, -0.25) is 15.2 Å². The minimum atomic E-state index is -0.844. The molecule has 3 fully saturated rings. The van der Waals surface area contributed by atoms with Crippen molar-refractivity contribution in [1.29, 1.82) is 0 Å². The molecule has 0 radical (unpaired) electrons. The third-order valence-corrected chi connectivity index (χ3v) is 8.99. The maximum atomic E-state index is 14.3. The van der Waals surface area contributed by atoms with Crippen LogP contribution in [0.1, 0.15) is 54.5 Å². The van der Waals surface area contributed by atoms with Gasteiger partial charge in [0, 0.05) is 38.0 Å². The second kappa shape index (κ2) is 9.03. The second-order valence-corrected chi connectivity index (χ2v) is 11.3. The number of carbonyl (C=O) groups is 1. The number of aromatic nitrogens is 2. The Morgan fingerprint density at radius 1 is 1.24 bits per heavy atom. The predicted octanol–water partition coefficient (Wildman–Crippen LogP) is 2.48. The first-order valence-electron chi connectivity index (χ1n) is 13.6. The molecule has 7 rings (SSSR count). The molecular formula is C27H33FN6O4. The van der Waals surface area contributed by atoms with Crippen LogP contribution in [0.3, 0.4) is 0 Å². The molecule has 1 aromatic heterocycles. The minimum absolute atomic E-state index is 0.207. The van der Waals surface area contributed by atoms with E-state index in [4.69, 9.17) is 19.4 Å². The third-order valence-electron chi connectivity index (χ3n) is 8.99. The summed E-state index contributed by atoms with van der Waals surface area (Å²) in [5, 5.41) is 10.2. The van der Waals surface area contributed by atoms with Crippen molar-refractivity contribution in [3.63, 3.8) is 0 Å². The molecule has 38 heavy (non-hydrogen) atoms. The average Bonchev–Trinajstić information content (AvgIpc) is 3.48. The maximum absolute atomic E-state index is 14.3. The Bertz CT molecular complexity index is 1280. The first kappa shape index (κ1) is 24.1. The van der Waals surface area contributed by atoms with Crippen molar-refractivity contribution < 1.29 is 23.8 Å². The van der Waals surface area contributed by atoms with E-state index in [-0.39, 0.29) is 29.9 Å². The van der Waals surface area contributed by atoms with Gasteiger partial charge in [-0.05, 0) is 61.9 Å². The number of aryl methyl sites for hydroxylation is 1. The molecule has 3 saturated heterocycles. The van der Waals surface area contributed by atoms with E-state index in [2.05, 4.69) is 15.8 Å². The Labute approximate surface area is 220 Å². The number of benzene rings is 1. The number of ether oxygens (including phenoxy) is 2. The average molecular weight is 525 g/mol. The van der Waals surface area contributed by atoms with Gasteiger partial charge in [-0.1, -0.05) is 6.07 Å². The summed E-state index contributed by atoms with van der Waals surface area (Å²) in [6.07, 6.45) is 4.41. The van der Waals surface area contributed by atoms with E-state index in [1.807, 2.05) is 6.07 Å². The van der Waals surface area contributed by atoms with Gasteiger partial charge in [0.05, 0.1) is 23.4 Å². The zero-order valence-electron chi connectivity index (χ0n) is 21.3. The Hall–Kier alpha value is -3.02. The molecular weight excluding hydrogens is 491 g/mol. The van der Waals surface area contributed by atoms with Crippen LogP contribution in [0.2, 0.25) is 0 Å². The first-order chi connectivity index (χ1) is 18.4. The highest BCUT2D eigenvalue weighted by Crippen LogP contribution is 2.48. The summed E-state index contributed by atoms with van der Waals surface area (Å²) in [5.74, 6) is 0.703. The lowest BCUT2D eigenvalue weighted by Crippen LogP contribution is -2.45. The summed E-state index contributed by atoms with van der Waals surface area (Å²) in [6, 6.07) is 5.38. The van der Waals surface area contributed by atoms with Crippen molar-refractivity contribution >= 4 is 11.8 Å². The number of halogens is 1. The number of phenolic OH excluding ortho intramolecular Hbond substituents is 1. The quantitative estimate of drug-likeness (QED) is 0.560. The van der Waals surface area contributed by atoms with E-state index in [0.717, 1.165) is 61.0 Å². The normalized spacial score (nSPS) is 30.6. The van der Waals surface area contributed by atoms with E-state index in [1.165, 1.54) is 0 Å². The summed E-state index contributed by atoms with van der Waals surface area (Å²) >= 11 is 0. The van der Waals surface area contributed by atoms with Crippen LogP contribution in [0.5, 0.6) is 11.8 Å². The van der Waals surface area contributed by atoms with Gasteiger partial charge in [0.1, 0.15) is 24.3 Å². The van der Waals surface area contributed by atoms with Crippen molar-refractivity contribution in [3.05, 3.63) is 40.6 Å². The highest BCUT2D eigenvalue weighted by atomic mass is 19.1. The summed E-state index contributed by atoms with van der Waals surface area (Å²) in [5.41, 5.74) is 8.44. The lowest BCUT2D eigenvalue weighted by Gasteiger charge is -2.37. The lowest BCUT2D eigenvalue weighted by molar-refractivity contribution is -0.0730. The van der Waals surface area contributed by atoms with Gasteiger partial charge in [0.15, 0.2) is 0 Å². The molecule has 1 unspecified atom stereocenters. The van der Waals surface area contributed by atoms with Crippen LogP contribution >= 0.6 is 0 Å². The molecule has 0 saturated carbocycles. The van der Waals surface area contributed by atoms with E-state index in [1.54, 1.807) is 17.0 Å². The first-order valence-corrected chi connectivity index (χ1v) is 13.6. The Morgan fingerprint density at radius 3 is 3.08 bits per heavy atom. The molecule has 202 valence electrons. The minimum Gasteiger partial charge on any atom is -0.508 e. The van der Waals surface area contributed by atoms with Gasteiger partial charge in [0.2, 0.25) is 0 Å². The smallest absolute Gasteiger partial charge is 0.337 e. The van der Waals surface area contributed by atoms with Gasteiger partial charge >= 0.3 is 12.0 Å². The van der Waals surface area contributed by atoms with Gasteiger partial charge < -0.3 is 14.6 Å². The number of hydrogen-bond acceptors (Lipinski definition) is 8. The number of fused-ring (bicyclic) bond motifs is 4. The molecule has 1 aromatic carbocycles. The monoisotopic (exact) mass is 524 g/mol. The molecule has 5 aliphatic rings. The topological polar surface area (TPSA) is 112 Å². The van der Waals surface area contributed by atoms with E-state index in [9.17, 15) is 14.3 Å². The maximum Gasteiger partial charge on any atom is 0.337 e. The number of alkyl halides is 1. The fourth-order valence-corrected chi connectivity index (χ4v) is 7.10. The highest BCUT2D eigenvalue weighted by molar-refractivity contribution is 5.91. The molecule has 3 atom stereocenters. The van der Waals surface area contributed by atoms with Crippen LogP contribution in [-0.2, 0) is 29.8 Å². The number of nitrogens with zero attached hydrogens (tertiary/aromatic N) is 4. The highest BCUT2D eigenvalue weighted by Gasteiger charge is 2.50. The second-order valence-electron chi connectivity index (χ2n) is 11.3. The number of urea groups is 1. The number of hydrazine groups is 1. The molecule has 4 aliphatic heterocycles. The summed E-state index contributed by atoms with van der Waals surface area (Å²) in [4.78, 5) is 26.4. The number of rotatable bonds is 4. The van der Waals surface area contributed by atoms with Crippen molar-refractivity contribution in [3.8, 4) is 11.8 Å². The summed E-state index contributed by atoms with van der Waals surface area (Å²) in [7, 11) is 0. The number of amides is 2. The molecule has 2 amide bonds. The fourth-order valence-electron chi connectivity index (χ4n) is 7.10. The van der Waals surface area contributed by atoms with E-state index >= 15 is 0 Å². The number of aromatic hydroxyl groups is 1. The van der Waals surface area contributed by atoms with E-state index < -0.39 is 11.8 Å². The van der Waals surface area contributed by atoms with Gasteiger partial charge in [0.25, 0.3) is 0 Å². The van der Waals surface area contributed by atoms with Crippen LogP contribution in [-0.4, -0.2) is 70.5 Å². The zero-order valence-corrected chi connectivity index (χ0v) is 21.3. The Balaban J connectivity index is 1.25. The molecule has 3 N–H and O–H groups in total. The van der Waals surface area contributed by atoms with E-state index in [0.29, 0.717) is 44.9 Å². The largest absolute Gasteiger partial charge is 0.508 e. The SMILES string of the molecule is O=C1NNCCCN1c1nc(OC[C@@]23CCCN2C[C@H](F)C3)nc2c1COC1(CCc3ccc(O)cc31)C2. The summed E-state index contributed by atoms with van der Waals surface area (Å²) in [6.45, 7) is 3.04. The van der Waals surface area contributed by atoms with Crippen LogP contribution in [0, 0.1) is 0 Å². The Kier molecular flexibility index (Phi) is 5.71.